The highest BCUT2D eigenvalue weighted by Crippen LogP contribution is 2.16. The molecular formula is C22H29N3O3. The molecule has 2 aromatic carbocycles. The largest absolute Gasteiger partial charge is 0.385 e. The van der Waals surface area contributed by atoms with E-state index in [2.05, 4.69) is 16.0 Å². The quantitative estimate of drug-likeness (QED) is 0.521. The lowest BCUT2D eigenvalue weighted by atomic mass is 10.0. The van der Waals surface area contributed by atoms with Crippen molar-refractivity contribution in [3.05, 3.63) is 65.7 Å². The van der Waals surface area contributed by atoms with Crippen molar-refractivity contribution < 1.29 is 14.3 Å². The third-order valence-corrected chi connectivity index (χ3v) is 4.36. The lowest BCUT2D eigenvalue weighted by Crippen LogP contribution is -2.33. The summed E-state index contributed by atoms with van der Waals surface area (Å²) in [6.45, 7) is 3.41. The van der Waals surface area contributed by atoms with Crippen LogP contribution in [0.3, 0.4) is 0 Å². The molecule has 3 N–H and O–H groups in total. The summed E-state index contributed by atoms with van der Waals surface area (Å²) < 4.78 is 4.96. The molecule has 150 valence electrons. The molecule has 0 radical (unpaired) electrons. The minimum Gasteiger partial charge on any atom is -0.385 e. The number of anilines is 1. The molecule has 2 aromatic rings. The predicted molar refractivity (Wildman–Crippen MR) is 111 cm³/mol. The smallest absolute Gasteiger partial charge is 0.251 e. The van der Waals surface area contributed by atoms with Gasteiger partial charge in [-0.05, 0) is 42.7 Å². The molecule has 0 bridgehead atoms. The van der Waals surface area contributed by atoms with Crippen LogP contribution in [0.4, 0.5) is 5.69 Å². The van der Waals surface area contributed by atoms with Crippen LogP contribution in [0.15, 0.2) is 54.6 Å². The van der Waals surface area contributed by atoms with Crippen molar-refractivity contribution in [3.8, 4) is 0 Å². The fraction of sp³-hybridized carbons (Fsp3) is 0.364. The van der Waals surface area contributed by atoms with Crippen molar-refractivity contribution in [2.45, 2.75) is 25.8 Å². The summed E-state index contributed by atoms with van der Waals surface area (Å²) in [5.41, 5.74) is 2.47. The molecule has 0 spiro atoms. The highest BCUT2D eigenvalue weighted by molar-refractivity contribution is 5.94. The molecule has 0 aliphatic carbocycles. The number of carbonyl (C=O) groups is 2. The zero-order valence-corrected chi connectivity index (χ0v) is 16.5. The van der Waals surface area contributed by atoms with Crippen molar-refractivity contribution in [2.24, 2.45) is 0 Å². The summed E-state index contributed by atoms with van der Waals surface area (Å²) in [7, 11) is 1.64. The van der Waals surface area contributed by atoms with Gasteiger partial charge < -0.3 is 20.7 Å². The molecule has 0 aliphatic rings. The van der Waals surface area contributed by atoms with Gasteiger partial charge in [0.25, 0.3) is 5.91 Å². The molecule has 0 saturated carbocycles. The summed E-state index contributed by atoms with van der Waals surface area (Å²) in [5, 5.41) is 8.98. The summed E-state index contributed by atoms with van der Waals surface area (Å²) in [4.78, 5) is 24.3. The SMILES string of the molecule is CCC(NC(=O)CNc1ccc(C(=O)NCCCOC)cc1)c1ccccc1. The van der Waals surface area contributed by atoms with Gasteiger partial charge in [-0.2, -0.15) is 0 Å². The van der Waals surface area contributed by atoms with Crippen LogP contribution in [0.1, 0.15) is 41.7 Å². The Labute approximate surface area is 166 Å². The maximum absolute atomic E-state index is 12.3. The molecule has 0 fully saturated rings. The third kappa shape index (κ3) is 7.04. The highest BCUT2D eigenvalue weighted by atomic mass is 16.5. The highest BCUT2D eigenvalue weighted by Gasteiger charge is 2.12. The predicted octanol–water partition coefficient (Wildman–Crippen LogP) is 3.13. The summed E-state index contributed by atoms with van der Waals surface area (Å²) in [6, 6.07) is 17.0. The first-order chi connectivity index (χ1) is 13.6. The van der Waals surface area contributed by atoms with Crippen molar-refractivity contribution in [3.63, 3.8) is 0 Å². The molecule has 28 heavy (non-hydrogen) atoms. The van der Waals surface area contributed by atoms with Crippen LogP contribution >= 0.6 is 0 Å². The monoisotopic (exact) mass is 383 g/mol. The number of hydrogen-bond donors (Lipinski definition) is 3. The maximum Gasteiger partial charge on any atom is 0.251 e. The molecule has 0 aliphatic heterocycles. The van der Waals surface area contributed by atoms with E-state index in [1.54, 1.807) is 31.4 Å². The molecule has 0 saturated heterocycles. The first kappa shape index (κ1) is 21.4. The molecule has 2 rings (SSSR count). The Morgan fingerprint density at radius 1 is 1.04 bits per heavy atom. The Bertz CT molecular complexity index is 732. The van der Waals surface area contributed by atoms with Gasteiger partial charge in [-0.25, -0.2) is 0 Å². The standard InChI is InChI=1S/C22H29N3O3/c1-3-20(17-8-5-4-6-9-17)25-21(26)16-24-19-12-10-18(11-13-19)22(27)23-14-7-15-28-2/h4-6,8-13,20,24H,3,7,14-16H2,1-2H3,(H,23,27)(H,25,26). The summed E-state index contributed by atoms with van der Waals surface area (Å²) in [5.74, 6) is -0.190. The van der Waals surface area contributed by atoms with Crippen molar-refractivity contribution >= 4 is 17.5 Å². The average molecular weight is 383 g/mol. The summed E-state index contributed by atoms with van der Waals surface area (Å²) >= 11 is 0. The molecule has 1 unspecified atom stereocenters. The van der Waals surface area contributed by atoms with E-state index in [1.807, 2.05) is 37.3 Å². The first-order valence-electron chi connectivity index (χ1n) is 9.59. The van der Waals surface area contributed by atoms with Gasteiger partial charge in [0.1, 0.15) is 0 Å². The average Bonchev–Trinajstić information content (AvgIpc) is 2.74. The maximum atomic E-state index is 12.3. The number of benzene rings is 2. The van der Waals surface area contributed by atoms with Gasteiger partial charge in [-0.3, -0.25) is 9.59 Å². The summed E-state index contributed by atoms with van der Waals surface area (Å²) in [6.07, 6.45) is 1.60. The van der Waals surface area contributed by atoms with E-state index >= 15 is 0 Å². The number of methoxy groups -OCH3 is 1. The second-order valence-electron chi connectivity index (χ2n) is 6.47. The number of nitrogens with one attached hydrogen (secondary N) is 3. The second-order valence-corrected chi connectivity index (χ2v) is 6.47. The van der Waals surface area contributed by atoms with Crippen LogP contribution in [-0.2, 0) is 9.53 Å². The number of amides is 2. The fourth-order valence-corrected chi connectivity index (χ4v) is 2.79. The third-order valence-electron chi connectivity index (χ3n) is 4.36. The minimum absolute atomic E-state index is 0.000296. The van der Waals surface area contributed by atoms with Crippen LogP contribution < -0.4 is 16.0 Å². The fourth-order valence-electron chi connectivity index (χ4n) is 2.79. The van der Waals surface area contributed by atoms with Gasteiger partial charge in [-0.1, -0.05) is 37.3 Å². The number of ether oxygens (including phenoxy) is 1. The molecular weight excluding hydrogens is 354 g/mol. The zero-order valence-electron chi connectivity index (χ0n) is 16.5. The first-order valence-corrected chi connectivity index (χ1v) is 9.59. The lowest BCUT2D eigenvalue weighted by molar-refractivity contribution is -0.120. The van der Waals surface area contributed by atoms with E-state index in [0.29, 0.717) is 18.7 Å². The molecule has 2 amide bonds. The Balaban J connectivity index is 1.79. The van der Waals surface area contributed by atoms with E-state index in [4.69, 9.17) is 4.74 Å². The van der Waals surface area contributed by atoms with E-state index in [1.165, 1.54) is 0 Å². The normalized spacial score (nSPS) is 11.5. The van der Waals surface area contributed by atoms with Crippen LogP contribution in [0.2, 0.25) is 0 Å². The molecule has 0 aromatic heterocycles. The van der Waals surface area contributed by atoms with Crippen molar-refractivity contribution in [1.82, 2.24) is 10.6 Å². The Morgan fingerprint density at radius 2 is 1.75 bits per heavy atom. The number of carbonyl (C=O) groups excluding carboxylic acids is 2. The van der Waals surface area contributed by atoms with Crippen molar-refractivity contribution in [2.75, 3.05) is 32.1 Å². The Morgan fingerprint density at radius 3 is 2.39 bits per heavy atom. The van der Waals surface area contributed by atoms with Gasteiger partial charge in [0, 0.05) is 31.5 Å². The van der Waals surface area contributed by atoms with Crippen molar-refractivity contribution in [1.29, 1.82) is 0 Å². The molecule has 1 atom stereocenters. The molecule has 0 heterocycles. The topological polar surface area (TPSA) is 79.5 Å². The van der Waals surface area contributed by atoms with Crippen LogP contribution in [0.25, 0.3) is 0 Å². The van der Waals surface area contributed by atoms with E-state index in [0.717, 1.165) is 24.1 Å². The lowest BCUT2D eigenvalue weighted by Gasteiger charge is -2.18. The van der Waals surface area contributed by atoms with Gasteiger partial charge in [-0.15, -0.1) is 0 Å². The molecule has 6 heteroatoms. The van der Waals surface area contributed by atoms with Crippen LogP contribution in [0.5, 0.6) is 0 Å². The van der Waals surface area contributed by atoms with Gasteiger partial charge in [0.05, 0.1) is 12.6 Å². The van der Waals surface area contributed by atoms with E-state index in [-0.39, 0.29) is 24.4 Å². The number of hydrogen-bond acceptors (Lipinski definition) is 4. The van der Waals surface area contributed by atoms with E-state index in [9.17, 15) is 9.59 Å². The van der Waals surface area contributed by atoms with Crippen LogP contribution in [0, 0.1) is 0 Å². The van der Waals surface area contributed by atoms with E-state index < -0.39 is 0 Å². The Kier molecular flexibility index (Phi) is 9.01. The second kappa shape index (κ2) is 11.8. The zero-order chi connectivity index (χ0) is 20.2. The van der Waals surface area contributed by atoms with Gasteiger partial charge in [0.2, 0.25) is 5.91 Å². The minimum atomic E-state index is -0.117. The van der Waals surface area contributed by atoms with Gasteiger partial charge >= 0.3 is 0 Å². The molecule has 6 nitrogen and oxygen atoms in total. The van der Waals surface area contributed by atoms with Crippen LogP contribution in [-0.4, -0.2) is 38.6 Å². The van der Waals surface area contributed by atoms with Gasteiger partial charge in [0.15, 0.2) is 0 Å². The number of rotatable bonds is 11. The Hall–Kier alpha value is -2.86.